The lowest BCUT2D eigenvalue weighted by Gasteiger charge is -2.10. The summed E-state index contributed by atoms with van der Waals surface area (Å²) in [6.07, 6.45) is -0.788. The van der Waals surface area contributed by atoms with E-state index in [0.29, 0.717) is 27.8 Å². The molecule has 1 heterocycles. The van der Waals surface area contributed by atoms with E-state index in [0.717, 1.165) is 5.56 Å². The number of carbonyl (C=O) groups excluding carboxylic acids is 1. The Morgan fingerprint density at radius 3 is 2.45 bits per heavy atom. The number of rotatable bonds is 5. The molecule has 1 aromatic heterocycles. The molecule has 8 heteroatoms. The van der Waals surface area contributed by atoms with Crippen molar-refractivity contribution in [1.29, 1.82) is 5.26 Å². The third kappa shape index (κ3) is 4.29. The van der Waals surface area contributed by atoms with Crippen LogP contribution in [0.2, 0.25) is 0 Å². The number of fused-ring (bicyclic) bond motifs is 1. The van der Waals surface area contributed by atoms with Crippen LogP contribution in [0.1, 0.15) is 19.4 Å². The van der Waals surface area contributed by atoms with Crippen LogP contribution in [0.3, 0.4) is 0 Å². The summed E-state index contributed by atoms with van der Waals surface area (Å²) >= 11 is 0. The maximum absolute atomic E-state index is 12.5. The molecule has 0 aliphatic rings. The van der Waals surface area contributed by atoms with Crippen LogP contribution in [-0.4, -0.2) is 23.4 Å². The van der Waals surface area contributed by atoms with Gasteiger partial charge >= 0.3 is 12.7 Å². The number of hydrogen-bond acceptors (Lipinski definition) is 4. The number of benzene rings is 2. The van der Waals surface area contributed by atoms with Gasteiger partial charge in [0.25, 0.3) is 0 Å². The molecule has 0 aliphatic carbocycles. The van der Waals surface area contributed by atoms with Crippen LogP contribution in [0.15, 0.2) is 42.5 Å². The summed E-state index contributed by atoms with van der Waals surface area (Å²) in [5, 5.41) is 12.9. The van der Waals surface area contributed by atoms with E-state index in [9.17, 15) is 18.8 Å². The second kappa shape index (κ2) is 8.19. The third-order valence-corrected chi connectivity index (χ3v) is 4.26. The molecular formula is C21H19F2N3O3. The van der Waals surface area contributed by atoms with Gasteiger partial charge in [-0.05, 0) is 43.7 Å². The average Bonchev–Trinajstić information content (AvgIpc) is 2.93. The van der Waals surface area contributed by atoms with E-state index in [-0.39, 0.29) is 11.9 Å². The van der Waals surface area contributed by atoms with Crippen molar-refractivity contribution in [1.82, 2.24) is 4.57 Å². The highest BCUT2D eigenvalue weighted by Gasteiger charge is 2.18. The van der Waals surface area contributed by atoms with E-state index in [2.05, 4.69) is 16.1 Å². The maximum Gasteiger partial charge on any atom is 0.411 e. The van der Waals surface area contributed by atoms with Crippen molar-refractivity contribution in [2.75, 3.05) is 5.32 Å². The number of nitrogens with zero attached hydrogens (tertiary/aromatic N) is 2. The van der Waals surface area contributed by atoms with Crippen LogP contribution in [-0.2, 0) is 11.8 Å². The van der Waals surface area contributed by atoms with E-state index >= 15 is 0 Å². The zero-order valence-corrected chi connectivity index (χ0v) is 16.1. The third-order valence-electron chi connectivity index (χ3n) is 4.26. The second-order valence-corrected chi connectivity index (χ2v) is 6.61. The van der Waals surface area contributed by atoms with Crippen molar-refractivity contribution in [3.8, 4) is 23.1 Å². The molecule has 0 spiro atoms. The zero-order chi connectivity index (χ0) is 21.1. The Hall–Kier alpha value is -3.60. The lowest BCUT2D eigenvalue weighted by molar-refractivity contribution is -0.0497. The molecule has 1 amide bonds. The molecule has 3 rings (SSSR count). The minimum Gasteiger partial charge on any atom is -0.447 e. The number of amides is 1. The predicted octanol–water partition coefficient (Wildman–Crippen LogP) is 5.28. The quantitative estimate of drug-likeness (QED) is 0.634. The Kier molecular flexibility index (Phi) is 5.69. The van der Waals surface area contributed by atoms with Gasteiger partial charge in [-0.3, -0.25) is 5.32 Å². The highest BCUT2D eigenvalue weighted by molar-refractivity contribution is 5.95. The molecule has 0 aliphatic heterocycles. The smallest absolute Gasteiger partial charge is 0.411 e. The predicted molar refractivity (Wildman–Crippen MR) is 105 cm³/mol. The fourth-order valence-electron chi connectivity index (χ4n) is 3.12. The molecule has 0 radical (unpaired) electrons. The molecule has 0 fully saturated rings. The molecule has 0 bridgehead atoms. The molecule has 6 nitrogen and oxygen atoms in total. The topological polar surface area (TPSA) is 76.3 Å². The summed E-state index contributed by atoms with van der Waals surface area (Å²) < 4.78 is 36.3. The van der Waals surface area contributed by atoms with Crippen molar-refractivity contribution >= 4 is 22.7 Å². The van der Waals surface area contributed by atoms with Gasteiger partial charge in [-0.15, -0.1) is 0 Å². The number of alkyl halides is 2. The number of halogens is 2. The Morgan fingerprint density at radius 1 is 1.17 bits per heavy atom. The monoisotopic (exact) mass is 399 g/mol. The normalized spacial score (nSPS) is 11.0. The number of nitriles is 1. The molecule has 0 unspecified atom stereocenters. The van der Waals surface area contributed by atoms with Crippen LogP contribution in [0.4, 0.5) is 19.3 Å². The fraction of sp³-hybridized carbons (Fsp3) is 0.238. The SMILES string of the molecule is CC(C)OC(=O)Nc1ccc(-c2c(C#N)c3ccc(OC(F)F)cc3n2C)cc1. The fourth-order valence-corrected chi connectivity index (χ4v) is 3.12. The van der Waals surface area contributed by atoms with Gasteiger partial charge in [0.15, 0.2) is 0 Å². The zero-order valence-electron chi connectivity index (χ0n) is 16.1. The second-order valence-electron chi connectivity index (χ2n) is 6.61. The van der Waals surface area contributed by atoms with E-state index in [4.69, 9.17) is 4.74 Å². The van der Waals surface area contributed by atoms with Crippen molar-refractivity contribution < 1.29 is 23.0 Å². The number of hydrogen-bond donors (Lipinski definition) is 1. The summed E-state index contributed by atoms with van der Waals surface area (Å²) in [7, 11) is 1.75. The molecular weight excluding hydrogens is 380 g/mol. The van der Waals surface area contributed by atoms with E-state index in [1.54, 1.807) is 55.8 Å². The Labute approximate surface area is 166 Å². The summed E-state index contributed by atoms with van der Waals surface area (Å²) in [6.45, 7) is 0.582. The van der Waals surface area contributed by atoms with E-state index in [1.807, 2.05) is 0 Å². The molecule has 0 saturated carbocycles. The average molecular weight is 399 g/mol. The van der Waals surface area contributed by atoms with Gasteiger partial charge in [0.05, 0.1) is 22.9 Å². The minimum absolute atomic E-state index is 0.0207. The highest BCUT2D eigenvalue weighted by Crippen LogP contribution is 2.35. The van der Waals surface area contributed by atoms with Gasteiger partial charge in [0.2, 0.25) is 0 Å². The molecule has 0 atom stereocenters. The molecule has 3 aromatic rings. The minimum atomic E-state index is -2.93. The number of aromatic nitrogens is 1. The van der Waals surface area contributed by atoms with Crippen molar-refractivity contribution in [2.24, 2.45) is 7.05 Å². The number of anilines is 1. The van der Waals surface area contributed by atoms with Gasteiger partial charge < -0.3 is 14.0 Å². The first kappa shape index (κ1) is 20.1. The van der Waals surface area contributed by atoms with Crippen LogP contribution >= 0.6 is 0 Å². The summed E-state index contributed by atoms with van der Waals surface area (Å²) in [5.74, 6) is 0.0207. The maximum atomic E-state index is 12.5. The largest absolute Gasteiger partial charge is 0.447 e. The van der Waals surface area contributed by atoms with Gasteiger partial charge in [-0.25, -0.2) is 4.79 Å². The van der Waals surface area contributed by atoms with Gasteiger partial charge in [-0.2, -0.15) is 14.0 Å². The Morgan fingerprint density at radius 2 is 1.86 bits per heavy atom. The number of carbonyl (C=O) groups is 1. The molecule has 2 aromatic carbocycles. The first-order chi connectivity index (χ1) is 13.8. The number of nitrogens with one attached hydrogen (secondary N) is 1. The van der Waals surface area contributed by atoms with Crippen LogP contribution < -0.4 is 10.1 Å². The van der Waals surface area contributed by atoms with Gasteiger partial charge in [-0.1, -0.05) is 12.1 Å². The van der Waals surface area contributed by atoms with Crippen LogP contribution in [0.5, 0.6) is 5.75 Å². The number of ether oxygens (including phenoxy) is 2. The first-order valence-corrected chi connectivity index (χ1v) is 8.85. The molecule has 150 valence electrons. The molecule has 1 N–H and O–H groups in total. The molecule has 0 saturated heterocycles. The lowest BCUT2D eigenvalue weighted by atomic mass is 10.1. The highest BCUT2D eigenvalue weighted by atomic mass is 19.3. The van der Waals surface area contributed by atoms with E-state index < -0.39 is 12.7 Å². The van der Waals surface area contributed by atoms with Crippen LogP contribution in [0, 0.1) is 11.3 Å². The molecule has 29 heavy (non-hydrogen) atoms. The summed E-state index contributed by atoms with van der Waals surface area (Å²) in [5.41, 5.74) is 2.93. The van der Waals surface area contributed by atoms with Crippen LogP contribution in [0.25, 0.3) is 22.2 Å². The Bertz CT molecular complexity index is 1080. The van der Waals surface area contributed by atoms with Crippen molar-refractivity contribution in [3.63, 3.8) is 0 Å². The van der Waals surface area contributed by atoms with Crippen molar-refractivity contribution in [3.05, 3.63) is 48.0 Å². The first-order valence-electron chi connectivity index (χ1n) is 8.85. The van der Waals surface area contributed by atoms with E-state index in [1.165, 1.54) is 12.1 Å². The summed E-state index contributed by atoms with van der Waals surface area (Å²) in [6, 6.07) is 13.6. The lowest BCUT2D eigenvalue weighted by Crippen LogP contribution is -2.17. The number of aryl methyl sites for hydroxylation is 1. The van der Waals surface area contributed by atoms with Gasteiger partial charge in [0, 0.05) is 24.2 Å². The Balaban J connectivity index is 1.97. The van der Waals surface area contributed by atoms with Gasteiger partial charge in [0.1, 0.15) is 11.8 Å². The standard InChI is InChI=1S/C21H19F2N3O3/c1-12(2)28-21(27)25-14-6-4-13(5-7-14)19-17(11-24)16-9-8-15(29-20(22)23)10-18(16)26(19)3/h4-10,12,20H,1-3H3,(H,25,27). The summed E-state index contributed by atoms with van der Waals surface area (Å²) in [4.78, 5) is 11.7. The van der Waals surface area contributed by atoms with Crippen molar-refractivity contribution in [2.45, 2.75) is 26.6 Å².